The van der Waals surface area contributed by atoms with Gasteiger partial charge in [0.25, 0.3) is 6.01 Å². The molecule has 2 N–H and O–H groups in total. The summed E-state index contributed by atoms with van der Waals surface area (Å²) in [6, 6.07) is 7.64. The summed E-state index contributed by atoms with van der Waals surface area (Å²) in [5.74, 6) is 0.706. The van der Waals surface area contributed by atoms with Crippen LogP contribution in [-0.4, -0.2) is 4.98 Å². The molecule has 0 unspecified atom stereocenters. The number of halogens is 1. The maximum Gasteiger partial charge on any atom is 0.292 e. The van der Waals surface area contributed by atoms with Crippen LogP contribution in [0.5, 0.6) is 0 Å². The number of aromatic nitrogens is 1. The van der Waals surface area contributed by atoms with Gasteiger partial charge >= 0.3 is 0 Å². The summed E-state index contributed by atoms with van der Waals surface area (Å²) in [7, 11) is 0. The summed E-state index contributed by atoms with van der Waals surface area (Å²) < 4.78 is 5.35. The molecule has 0 amide bonds. The van der Waals surface area contributed by atoms with Gasteiger partial charge in [-0.1, -0.05) is 30.7 Å². The molecule has 15 heavy (non-hydrogen) atoms. The molecule has 0 saturated carbocycles. The van der Waals surface area contributed by atoms with Crippen LogP contribution >= 0.6 is 11.6 Å². The molecule has 0 radical (unpaired) electrons. The second-order valence-electron chi connectivity index (χ2n) is 3.19. The van der Waals surface area contributed by atoms with E-state index >= 15 is 0 Å². The van der Waals surface area contributed by atoms with Gasteiger partial charge in [-0.25, -0.2) is 0 Å². The lowest BCUT2D eigenvalue weighted by Gasteiger charge is -1.98. The van der Waals surface area contributed by atoms with Gasteiger partial charge in [0.15, 0.2) is 5.76 Å². The predicted molar refractivity (Wildman–Crippen MR) is 60.7 cm³/mol. The number of benzene rings is 1. The van der Waals surface area contributed by atoms with Gasteiger partial charge in [-0.2, -0.15) is 4.98 Å². The molecule has 0 aliphatic carbocycles. The van der Waals surface area contributed by atoms with Crippen LogP contribution in [-0.2, 0) is 6.42 Å². The lowest BCUT2D eigenvalue weighted by molar-refractivity contribution is 0.593. The topological polar surface area (TPSA) is 52.0 Å². The zero-order valence-corrected chi connectivity index (χ0v) is 9.08. The van der Waals surface area contributed by atoms with E-state index in [9.17, 15) is 0 Å². The first kappa shape index (κ1) is 10.1. The highest BCUT2D eigenvalue weighted by Gasteiger charge is 2.11. The number of aryl methyl sites for hydroxylation is 1. The van der Waals surface area contributed by atoms with Crippen LogP contribution in [0.25, 0.3) is 11.3 Å². The largest absolute Gasteiger partial charge is 0.423 e. The van der Waals surface area contributed by atoms with Crippen LogP contribution < -0.4 is 5.73 Å². The molecule has 2 rings (SSSR count). The lowest BCUT2D eigenvalue weighted by atomic mass is 10.1. The number of oxazole rings is 1. The van der Waals surface area contributed by atoms with E-state index in [0.29, 0.717) is 10.8 Å². The van der Waals surface area contributed by atoms with Gasteiger partial charge in [-0.3, -0.25) is 0 Å². The number of anilines is 1. The molecule has 4 heteroatoms. The van der Waals surface area contributed by atoms with Gasteiger partial charge < -0.3 is 10.2 Å². The molecular weight excluding hydrogens is 212 g/mol. The molecule has 0 bridgehead atoms. The molecule has 0 fully saturated rings. The van der Waals surface area contributed by atoms with Crippen molar-refractivity contribution in [3.05, 3.63) is 35.0 Å². The minimum atomic E-state index is 0.196. The van der Waals surface area contributed by atoms with Crippen molar-refractivity contribution in [2.45, 2.75) is 13.3 Å². The number of rotatable bonds is 2. The Morgan fingerprint density at radius 1 is 1.47 bits per heavy atom. The van der Waals surface area contributed by atoms with Crippen LogP contribution in [0, 0.1) is 0 Å². The average Bonchev–Trinajstić information content (AvgIpc) is 2.59. The third-order valence-electron chi connectivity index (χ3n) is 2.14. The van der Waals surface area contributed by atoms with Crippen molar-refractivity contribution >= 4 is 17.6 Å². The molecule has 0 saturated heterocycles. The molecule has 2 aromatic rings. The van der Waals surface area contributed by atoms with Crippen molar-refractivity contribution in [2.75, 3.05) is 5.73 Å². The zero-order valence-electron chi connectivity index (χ0n) is 8.33. The van der Waals surface area contributed by atoms with E-state index in [1.807, 2.05) is 31.2 Å². The van der Waals surface area contributed by atoms with Crippen LogP contribution in [0.3, 0.4) is 0 Å². The van der Waals surface area contributed by atoms with E-state index in [2.05, 4.69) is 4.98 Å². The molecule has 0 spiro atoms. The molecule has 78 valence electrons. The summed E-state index contributed by atoms with van der Waals surface area (Å²) in [5.41, 5.74) is 7.28. The third-order valence-corrected chi connectivity index (χ3v) is 2.37. The SMILES string of the molecule is CCc1nc(N)oc1-c1cccc(Cl)c1. The maximum absolute atomic E-state index is 5.90. The second-order valence-corrected chi connectivity index (χ2v) is 3.63. The molecular formula is C11H11ClN2O. The summed E-state index contributed by atoms with van der Waals surface area (Å²) in [6.07, 6.45) is 0.780. The van der Waals surface area contributed by atoms with Crippen LogP contribution in [0.4, 0.5) is 6.01 Å². The summed E-state index contributed by atoms with van der Waals surface area (Å²) in [4.78, 5) is 4.10. The molecule has 3 nitrogen and oxygen atoms in total. The van der Waals surface area contributed by atoms with Gasteiger partial charge in [0.1, 0.15) is 0 Å². The number of hydrogen-bond donors (Lipinski definition) is 1. The minimum absolute atomic E-state index is 0.196. The highest BCUT2D eigenvalue weighted by atomic mass is 35.5. The molecule has 0 atom stereocenters. The second kappa shape index (κ2) is 3.95. The Balaban J connectivity index is 2.53. The van der Waals surface area contributed by atoms with Crippen LogP contribution in [0.2, 0.25) is 5.02 Å². The van der Waals surface area contributed by atoms with E-state index in [0.717, 1.165) is 17.7 Å². The first-order chi connectivity index (χ1) is 7.20. The Morgan fingerprint density at radius 2 is 2.27 bits per heavy atom. The van der Waals surface area contributed by atoms with Crippen molar-refractivity contribution in [1.82, 2.24) is 4.98 Å². The van der Waals surface area contributed by atoms with E-state index < -0.39 is 0 Å². The predicted octanol–water partition coefficient (Wildman–Crippen LogP) is 3.14. The van der Waals surface area contributed by atoms with Gasteiger partial charge in [0.2, 0.25) is 0 Å². The maximum atomic E-state index is 5.90. The monoisotopic (exact) mass is 222 g/mol. The summed E-state index contributed by atoms with van der Waals surface area (Å²) >= 11 is 5.90. The molecule has 1 aromatic carbocycles. The van der Waals surface area contributed by atoms with Crippen molar-refractivity contribution in [3.63, 3.8) is 0 Å². The van der Waals surface area contributed by atoms with Crippen molar-refractivity contribution < 1.29 is 4.42 Å². The molecule has 1 aromatic heterocycles. The summed E-state index contributed by atoms with van der Waals surface area (Å²) in [5, 5.41) is 0.671. The zero-order chi connectivity index (χ0) is 10.8. The van der Waals surface area contributed by atoms with Gasteiger partial charge in [-0.05, 0) is 18.6 Å². The Labute approximate surface area is 92.9 Å². The fourth-order valence-electron chi connectivity index (χ4n) is 1.46. The van der Waals surface area contributed by atoms with E-state index in [1.165, 1.54) is 0 Å². The van der Waals surface area contributed by atoms with Gasteiger partial charge in [0, 0.05) is 10.6 Å². The number of nitrogens with zero attached hydrogens (tertiary/aromatic N) is 1. The van der Waals surface area contributed by atoms with Crippen LogP contribution in [0.15, 0.2) is 28.7 Å². The first-order valence-electron chi connectivity index (χ1n) is 4.72. The standard InChI is InChI=1S/C11H11ClN2O/c1-2-9-10(15-11(13)14-9)7-4-3-5-8(12)6-7/h3-6H,2H2,1H3,(H2,13,14). The van der Waals surface area contributed by atoms with Gasteiger partial charge in [-0.15, -0.1) is 0 Å². The van der Waals surface area contributed by atoms with Gasteiger partial charge in [0.05, 0.1) is 5.69 Å². The van der Waals surface area contributed by atoms with Crippen molar-refractivity contribution in [1.29, 1.82) is 0 Å². The molecule has 1 heterocycles. The quantitative estimate of drug-likeness (QED) is 0.849. The Hall–Kier alpha value is -1.48. The molecule has 0 aliphatic heterocycles. The summed E-state index contributed by atoms with van der Waals surface area (Å²) in [6.45, 7) is 2.01. The fourth-order valence-corrected chi connectivity index (χ4v) is 1.66. The minimum Gasteiger partial charge on any atom is -0.423 e. The van der Waals surface area contributed by atoms with E-state index in [1.54, 1.807) is 0 Å². The Morgan fingerprint density at radius 3 is 2.93 bits per heavy atom. The van der Waals surface area contributed by atoms with Crippen LogP contribution in [0.1, 0.15) is 12.6 Å². The van der Waals surface area contributed by atoms with Crippen molar-refractivity contribution in [2.24, 2.45) is 0 Å². The average molecular weight is 223 g/mol. The molecule has 0 aliphatic rings. The smallest absolute Gasteiger partial charge is 0.292 e. The Kier molecular flexibility index (Phi) is 2.64. The lowest BCUT2D eigenvalue weighted by Crippen LogP contribution is -1.86. The fraction of sp³-hybridized carbons (Fsp3) is 0.182. The third kappa shape index (κ3) is 1.97. The Bertz CT molecular complexity index is 479. The van der Waals surface area contributed by atoms with E-state index in [4.69, 9.17) is 21.8 Å². The number of nitrogens with two attached hydrogens (primary N) is 1. The number of hydrogen-bond acceptors (Lipinski definition) is 3. The van der Waals surface area contributed by atoms with E-state index in [-0.39, 0.29) is 6.01 Å². The highest BCUT2D eigenvalue weighted by Crippen LogP contribution is 2.28. The highest BCUT2D eigenvalue weighted by molar-refractivity contribution is 6.30. The van der Waals surface area contributed by atoms with Crippen molar-refractivity contribution in [3.8, 4) is 11.3 Å². The number of nitrogen functional groups attached to an aromatic ring is 1. The first-order valence-corrected chi connectivity index (χ1v) is 5.09. The normalized spacial score (nSPS) is 10.5.